The number of hydrogen-bond acceptors (Lipinski definition) is 5. The van der Waals surface area contributed by atoms with Gasteiger partial charge in [0.25, 0.3) is 0 Å². The van der Waals surface area contributed by atoms with Gasteiger partial charge in [0.2, 0.25) is 0 Å². The van der Waals surface area contributed by atoms with E-state index in [9.17, 15) is 9.59 Å². The normalized spacial score (nSPS) is 9.95. The molecule has 0 amide bonds. The Bertz CT molecular complexity index is 467. The summed E-state index contributed by atoms with van der Waals surface area (Å²) in [7, 11) is 0. The summed E-state index contributed by atoms with van der Waals surface area (Å²) in [5.41, 5.74) is 1.32. The van der Waals surface area contributed by atoms with Crippen LogP contribution in [0.4, 0.5) is 0 Å². The molecule has 0 saturated carbocycles. The maximum Gasteiger partial charge on any atom is 0.344 e. The van der Waals surface area contributed by atoms with Crippen molar-refractivity contribution in [2.24, 2.45) is 0 Å². The molecule has 0 saturated heterocycles. The average molecular weight is 280 g/mol. The average Bonchev–Trinajstić information content (AvgIpc) is 2.45. The first-order valence-corrected chi connectivity index (χ1v) is 6.70. The minimum absolute atomic E-state index is 0.229. The molecule has 5 heteroatoms. The fourth-order valence-corrected chi connectivity index (χ4v) is 1.62. The van der Waals surface area contributed by atoms with Crippen LogP contribution in [0.25, 0.3) is 0 Å². The molecule has 5 nitrogen and oxygen atoms in total. The van der Waals surface area contributed by atoms with Crippen LogP contribution in [0.3, 0.4) is 0 Å². The number of rotatable bonds is 7. The molecule has 0 N–H and O–H groups in total. The first-order valence-electron chi connectivity index (χ1n) is 6.70. The second-order valence-corrected chi connectivity index (χ2v) is 4.00. The quantitative estimate of drug-likeness (QED) is 0.717. The lowest BCUT2D eigenvalue weighted by Gasteiger charge is -2.11. The first-order chi connectivity index (χ1) is 9.62. The van der Waals surface area contributed by atoms with E-state index < -0.39 is 11.9 Å². The molecule has 20 heavy (non-hydrogen) atoms. The van der Waals surface area contributed by atoms with E-state index in [1.807, 2.05) is 13.0 Å². The van der Waals surface area contributed by atoms with Crippen LogP contribution in [0.5, 0.6) is 5.75 Å². The molecule has 1 rings (SSSR count). The van der Waals surface area contributed by atoms with Crippen molar-refractivity contribution in [2.75, 3.05) is 19.8 Å². The van der Waals surface area contributed by atoms with Crippen molar-refractivity contribution in [2.45, 2.75) is 27.2 Å². The van der Waals surface area contributed by atoms with Gasteiger partial charge in [-0.3, -0.25) is 0 Å². The minimum atomic E-state index is -0.468. The fraction of sp³-hybridized carbons (Fsp3) is 0.467. The van der Waals surface area contributed by atoms with E-state index in [2.05, 4.69) is 0 Å². The monoisotopic (exact) mass is 280 g/mol. The van der Waals surface area contributed by atoms with Gasteiger partial charge >= 0.3 is 11.9 Å². The van der Waals surface area contributed by atoms with E-state index >= 15 is 0 Å². The van der Waals surface area contributed by atoms with Crippen molar-refractivity contribution in [3.63, 3.8) is 0 Å². The van der Waals surface area contributed by atoms with Crippen LogP contribution in [-0.4, -0.2) is 31.8 Å². The first kappa shape index (κ1) is 16.0. The molecular weight excluding hydrogens is 260 g/mol. The number of aryl methyl sites for hydroxylation is 1. The lowest BCUT2D eigenvalue weighted by Crippen LogP contribution is -2.16. The van der Waals surface area contributed by atoms with Crippen molar-refractivity contribution in [3.05, 3.63) is 29.3 Å². The van der Waals surface area contributed by atoms with Crippen molar-refractivity contribution >= 4 is 11.9 Å². The predicted molar refractivity (Wildman–Crippen MR) is 73.9 cm³/mol. The summed E-state index contributed by atoms with van der Waals surface area (Å²) >= 11 is 0. The summed E-state index contributed by atoms with van der Waals surface area (Å²) < 4.78 is 15.1. The van der Waals surface area contributed by atoms with Gasteiger partial charge in [0.05, 0.1) is 13.2 Å². The summed E-state index contributed by atoms with van der Waals surface area (Å²) in [6.07, 6.45) is 0.804. The number of hydrogen-bond donors (Lipinski definition) is 0. The molecule has 0 radical (unpaired) electrons. The van der Waals surface area contributed by atoms with Crippen LogP contribution >= 0.6 is 0 Å². The fourth-order valence-electron chi connectivity index (χ4n) is 1.62. The lowest BCUT2D eigenvalue weighted by molar-refractivity contribution is -0.145. The highest BCUT2D eigenvalue weighted by Crippen LogP contribution is 2.22. The summed E-state index contributed by atoms with van der Waals surface area (Å²) in [6, 6.07) is 5.23. The molecule has 0 unspecified atom stereocenters. The van der Waals surface area contributed by atoms with Crippen LogP contribution < -0.4 is 4.74 Å². The maximum absolute atomic E-state index is 11.8. The number of carbonyl (C=O) groups excluding carboxylic acids is 2. The molecule has 0 bridgehead atoms. The molecule has 1 aromatic rings. The highest BCUT2D eigenvalue weighted by atomic mass is 16.6. The van der Waals surface area contributed by atoms with Gasteiger partial charge in [-0.2, -0.15) is 0 Å². The van der Waals surface area contributed by atoms with Crippen LogP contribution in [0, 0.1) is 0 Å². The van der Waals surface area contributed by atoms with Crippen molar-refractivity contribution in [3.8, 4) is 5.75 Å². The zero-order chi connectivity index (χ0) is 15.0. The van der Waals surface area contributed by atoms with Crippen molar-refractivity contribution < 1.29 is 23.8 Å². The standard InChI is InChI=1S/C15H20O5/c1-4-11-7-8-12(15(17)19-6-3)13(9-11)20-10-14(16)18-5-2/h7-9H,4-6,10H2,1-3H3. The molecule has 0 fully saturated rings. The zero-order valence-corrected chi connectivity index (χ0v) is 12.1. The van der Waals surface area contributed by atoms with Crippen molar-refractivity contribution in [1.29, 1.82) is 0 Å². The second-order valence-electron chi connectivity index (χ2n) is 4.00. The third-order valence-corrected chi connectivity index (χ3v) is 2.60. The molecule has 1 aromatic carbocycles. The third-order valence-electron chi connectivity index (χ3n) is 2.60. The Hall–Kier alpha value is -2.04. The summed E-state index contributed by atoms with van der Waals surface area (Å²) in [5.74, 6) is -0.589. The van der Waals surface area contributed by atoms with E-state index in [-0.39, 0.29) is 13.2 Å². The van der Waals surface area contributed by atoms with Gasteiger partial charge in [-0.25, -0.2) is 9.59 Å². The van der Waals surface area contributed by atoms with E-state index in [0.717, 1.165) is 12.0 Å². The molecule has 0 aromatic heterocycles. The van der Waals surface area contributed by atoms with Gasteiger partial charge in [-0.15, -0.1) is 0 Å². The molecule has 0 heterocycles. The molecule has 0 aliphatic heterocycles. The van der Waals surface area contributed by atoms with E-state index in [4.69, 9.17) is 14.2 Å². The predicted octanol–water partition coefficient (Wildman–Crippen LogP) is 2.37. The summed E-state index contributed by atoms with van der Waals surface area (Å²) in [4.78, 5) is 23.1. The molecule has 0 aliphatic rings. The van der Waals surface area contributed by atoms with Crippen LogP contribution in [-0.2, 0) is 20.7 Å². The molecule has 0 aliphatic carbocycles. The van der Waals surface area contributed by atoms with Gasteiger partial charge in [0.15, 0.2) is 6.61 Å². The van der Waals surface area contributed by atoms with E-state index in [1.165, 1.54) is 0 Å². The molecule has 0 spiro atoms. The Balaban J connectivity index is 2.88. The molecular formula is C15H20O5. The van der Waals surface area contributed by atoms with Crippen LogP contribution in [0.15, 0.2) is 18.2 Å². The Kier molecular flexibility index (Phi) is 6.56. The Morgan fingerprint density at radius 3 is 2.35 bits per heavy atom. The van der Waals surface area contributed by atoms with Crippen molar-refractivity contribution in [1.82, 2.24) is 0 Å². The third kappa shape index (κ3) is 4.57. The summed E-state index contributed by atoms with van der Waals surface area (Å²) in [5, 5.41) is 0. The number of esters is 2. The maximum atomic E-state index is 11.8. The van der Waals surface area contributed by atoms with Gasteiger partial charge in [0, 0.05) is 0 Å². The Morgan fingerprint density at radius 1 is 1.05 bits per heavy atom. The molecule has 110 valence electrons. The number of benzene rings is 1. The largest absolute Gasteiger partial charge is 0.481 e. The van der Waals surface area contributed by atoms with Gasteiger partial charge in [-0.1, -0.05) is 13.0 Å². The highest BCUT2D eigenvalue weighted by Gasteiger charge is 2.15. The topological polar surface area (TPSA) is 61.8 Å². The van der Waals surface area contributed by atoms with Gasteiger partial charge in [-0.05, 0) is 38.0 Å². The SMILES string of the molecule is CCOC(=O)COc1cc(CC)ccc1C(=O)OCC. The lowest BCUT2D eigenvalue weighted by atomic mass is 10.1. The van der Waals surface area contributed by atoms with Crippen LogP contribution in [0.1, 0.15) is 36.7 Å². The van der Waals surface area contributed by atoms with Gasteiger partial charge in [0.1, 0.15) is 11.3 Å². The summed E-state index contributed by atoms with van der Waals surface area (Å²) in [6.45, 7) is 5.80. The molecule has 0 atom stereocenters. The van der Waals surface area contributed by atoms with Crippen LogP contribution in [0.2, 0.25) is 0 Å². The second kappa shape index (κ2) is 8.19. The Labute approximate surface area is 118 Å². The van der Waals surface area contributed by atoms with Gasteiger partial charge < -0.3 is 14.2 Å². The number of ether oxygens (including phenoxy) is 3. The van der Waals surface area contributed by atoms with E-state index in [0.29, 0.717) is 17.9 Å². The Morgan fingerprint density at radius 2 is 1.75 bits per heavy atom. The zero-order valence-electron chi connectivity index (χ0n) is 12.1. The smallest absolute Gasteiger partial charge is 0.344 e. The minimum Gasteiger partial charge on any atom is -0.481 e. The highest BCUT2D eigenvalue weighted by molar-refractivity contribution is 5.92. The van der Waals surface area contributed by atoms with E-state index in [1.54, 1.807) is 26.0 Å². The number of carbonyl (C=O) groups is 2.